The summed E-state index contributed by atoms with van der Waals surface area (Å²) in [5, 5.41) is 7.12. The molecule has 0 spiro atoms. The molecule has 44 heavy (non-hydrogen) atoms. The number of halogens is 3. The maximum atomic E-state index is 13.9. The first kappa shape index (κ1) is 32.9. The number of hydrogen-bond donors (Lipinski definition) is 1. The minimum absolute atomic E-state index is 0.0396. The van der Waals surface area contributed by atoms with Gasteiger partial charge in [-0.1, -0.05) is 36.4 Å². The topological polar surface area (TPSA) is 111 Å². The van der Waals surface area contributed by atoms with Gasteiger partial charge in [0, 0.05) is 63.3 Å². The quantitative estimate of drug-likeness (QED) is 0.444. The van der Waals surface area contributed by atoms with Crippen LogP contribution in [-0.4, -0.2) is 85.0 Å². The molecule has 2 fully saturated rings. The Bertz CT molecular complexity index is 1590. The van der Waals surface area contributed by atoms with E-state index in [1.165, 1.54) is 27.3 Å². The third-order valence-electron chi connectivity index (χ3n) is 8.00. The summed E-state index contributed by atoms with van der Waals surface area (Å²) in [4.78, 5) is 31.3. The standard InChI is InChI=1S/C29H34N4O3S.C2HF3O2/c1-21-10-11-23(3)28(17-21)31-13-15-32(16-14-31)29(34)27-20-33(37(35,36)24-8-6-12-30-18-24)19-26(27)25-9-5-4-7-22(25)2;3-2(4,5)1(6)7/h4-12,17-18,26-27H,13-16,19-20H2,1-3H3;(H,6,7)/t26-,27+;/m0./s1. The number of nitrogens with zero attached hydrogens (tertiary/aromatic N) is 4. The lowest BCUT2D eigenvalue weighted by Crippen LogP contribution is -2.51. The van der Waals surface area contributed by atoms with E-state index in [1.807, 2.05) is 36.1 Å². The van der Waals surface area contributed by atoms with Gasteiger partial charge >= 0.3 is 12.1 Å². The first-order valence-electron chi connectivity index (χ1n) is 14.1. The van der Waals surface area contributed by atoms with Crippen molar-refractivity contribution in [1.29, 1.82) is 0 Å². The van der Waals surface area contributed by atoms with Gasteiger partial charge in [-0.3, -0.25) is 9.78 Å². The molecule has 2 aliphatic rings. The molecular formula is C31H35F3N4O5S. The molecule has 1 amide bonds. The minimum atomic E-state index is -5.08. The predicted octanol–water partition coefficient (Wildman–Crippen LogP) is 4.39. The van der Waals surface area contributed by atoms with Crippen LogP contribution in [0.5, 0.6) is 0 Å². The van der Waals surface area contributed by atoms with Crippen LogP contribution in [0.3, 0.4) is 0 Å². The van der Waals surface area contributed by atoms with E-state index in [0.717, 1.165) is 24.2 Å². The summed E-state index contributed by atoms with van der Waals surface area (Å²) in [5.74, 6) is -3.35. The molecule has 1 aromatic heterocycles. The molecule has 2 saturated heterocycles. The van der Waals surface area contributed by atoms with Gasteiger partial charge in [-0.25, -0.2) is 13.2 Å². The lowest BCUT2D eigenvalue weighted by molar-refractivity contribution is -0.192. The summed E-state index contributed by atoms with van der Waals surface area (Å²) in [6, 6.07) is 17.6. The number of benzene rings is 2. The molecule has 5 rings (SSSR count). The molecule has 0 bridgehead atoms. The number of carboxylic acids is 1. The average molecular weight is 633 g/mol. The van der Waals surface area contributed by atoms with Crippen LogP contribution < -0.4 is 4.90 Å². The van der Waals surface area contributed by atoms with E-state index in [9.17, 15) is 26.4 Å². The van der Waals surface area contributed by atoms with Crippen molar-refractivity contribution in [2.45, 2.75) is 37.8 Å². The average Bonchev–Trinajstić information content (AvgIpc) is 3.45. The second-order valence-electron chi connectivity index (χ2n) is 11.0. The zero-order chi connectivity index (χ0) is 32.2. The number of alkyl halides is 3. The lowest BCUT2D eigenvalue weighted by Gasteiger charge is -2.38. The molecule has 1 N–H and O–H groups in total. The fraction of sp³-hybridized carbons (Fsp3) is 0.387. The molecule has 3 aromatic rings. The van der Waals surface area contributed by atoms with E-state index in [-0.39, 0.29) is 29.8 Å². The number of sulfonamides is 1. The van der Waals surface area contributed by atoms with Crippen LogP contribution in [-0.2, 0) is 19.6 Å². The van der Waals surface area contributed by atoms with Gasteiger partial charge in [-0.05, 0) is 61.2 Å². The molecule has 2 aliphatic heterocycles. The number of carbonyl (C=O) groups excluding carboxylic acids is 1. The highest BCUT2D eigenvalue weighted by molar-refractivity contribution is 7.89. The second-order valence-corrected chi connectivity index (χ2v) is 12.9. The van der Waals surface area contributed by atoms with Gasteiger partial charge in [0.2, 0.25) is 15.9 Å². The number of pyridine rings is 1. The number of amides is 1. The maximum Gasteiger partial charge on any atom is 0.490 e. The van der Waals surface area contributed by atoms with E-state index in [1.54, 1.807) is 18.3 Å². The van der Waals surface area contributed by atoms with E-state index < -0.39 is 28.1 Å². The number of carbonyl (C=O) groups is 2. The van der Waals surface area contributed by atoms with Crippen LogP contribution in [0, 0.1) is 26.7 Å². The highest BCUT2D eigenvalue weighted by atomic mass is 32.2. The Morgan fingerprint density at radius 2 is 1.57 bits per heavy atom. The van der Waals surface area contributed by atoms with Crippen molar-refractivity contribution >= 4 is 27.6 Å². The van der Waals surface area contributed by atoms with Crippen molar-refractivity contribution < 1.29 is 36.3 Å². The van der Waals surface area contributed by atoms with Crippen LogP contribution in [0.2, 0.25) is 0 Å². The first-order chi connectivity index (χ1) is 20.7. The van der Waals surface area contributed by atoms with Gasteiger partial charge in [0.15, 0.2) is 0 Å². The summed E-state index contributed by atoms with van der Waals surface area (Å²) < 4.78 is 60.1. The number of piperazine rings is 1. The van der Waals surface area contributed by atoms with Gasteiger partial charge in [0.1, 0.15) is 4.90 Å². The van der Waals surface area contributed by atoms with Crippen LogP contribution in [0.25, 0.3) is 0 Å². The molecule has 2 atom stereocenters. The molecule has 3 heterocycles. The second kappa shape index (κ2) is 13.3. The Balaban J connectivity index is 0.000000566. The van der Waals surface area contributed by atoms with Crippen LogP contribution in [0.1, 0.15) is 28.2 Å². The van der Waals surface area contributed by atoms with Gasteiger partial charge in [-0.15, -0.1) is 0 Å². The SMILES string of the molecule is Cc1ccc(C)c(N2CCN(C(=O)[C@@H]3CN(S(=O)(=O)c4cccnc4)C[C@H]3c3ccccc3C)CC2)c1.O=C(O)C(F)(F)F. The Kier molecular flexibility index (Phi) is 9.99. The first-order valence-corrected chi connectivity index (χ1v) is 15.5. The van der Waals surface area contributed by atoms with Crippen molar-refractivity contribution in [1.82, 2.24) is 14.2 Å². The number of rotatable bonds is 5. The van der Waals surface area contributed by atoms with Crippen molar-refractivity contribution in [3.8, 4) is 0 Å². The maximum absolute atomic E-state index is 13.9. The molecular weight excluding hydrogens is 597 g/mol. The molecule has 0 radical (unpaired) electrons. The number of hydrogen-bond acceptors (Lipinski definition) is 6. The zero-order valence-corrected chi connectivity index (χ0v) is 25.5. The van der Waals surface area contributed by atoms with Gasteiger partial charge in [0.25, 0.3) is 0 Å². The van der Waals surface area contributed by atoms with Crippen molar-refractivity contribution in [2.24, 2.45) is 5.92 Å². The van der Waals surface area contributed by atoms with Gasteiger partial charge in [-0.2, -0.15) is 17.5 Å². The predicted molar refractivity (Wildman–Crippen MR) is 159 cm³/mol. The molecule has 13 heteroatoms. The van der Waals surface area contributed by atoms with Crippen molar-refractivity contribution in [3.05, 3.63) is 89.2 Å². The van der Waals surface area contributed by atoms with Crippen molar-refractivity contribution in [3.63, 3.8) is 0 Å². The normalized spacial score (nSPS) is 19.3. The number of aromatic nitrogens is 1. The number of aliphatic carboxylic acids is 1. The summed E-state index contributed by atoms with van der Waals surface area (Å²) in [7, 11) is -3.75. The number of carboxylic acid groups (broad SMARTS) is 1. The van der Waals surface area contributed by atoms with Crippen molar-refractivity contribution in [2.75, 3.05) is 44.2 Å². The summed E-state index contributed by atoms with van der Waals surface area (Å²) in [6.07, 6.45) is -2.15. The van der Waals surface area contributed by atoms with E-state index in [2.05, 4.69) is 41.9 Å². The monoisotopic (exact) mass is 632 g/mol. The van der Waals surface area contributed by atoms with Crippen LogP contribution in [0.4, 0.5) is 18.9 Å². The highest BCUT2D eigenvalue weighted by Crippen LogP contribution is 2.38. The molecule has 236 valence electrons. The highest BCUT2D eigenvalue weighted by Gasteiger charge is 2.45. The molecule has 9 nitrogen and oxygen atoms in total. The van der Waals surface area contributed by atoms with E-state index >= 15 is 0 Å². The number of anilines is 1. The van der Waals surface area contributed by atoms with E-state index in [0.29, 0.717) is 13.1 Å². The largest absolute Gasteiger partial charge is 0.490 e. The number of aryl methyl sites for hydroxylation is 3. The Labute approximate surface area is 255 Å². The zero-order valence-electron chi connectivity index (χ0n) is 24.7. The molecule has 0 saturated carbocycles. The Morgan fingerprint density at radius 3 is 2.16 bits per heavy atom. The van der Waals surface area contributed by atoms with Gasteiger partial charge < -0.3 is 14.9 Å². The van der Waals surface area contributed by atoms with Crippen LogP contribution >= 0.6 is 0 Å². The molecule has 0 aliphatic carbocycles. The third-order valence-corrected chi connectivity index (χ3v) is 9.82. The third kappa shape index (κ3) is 7.39. The fourth-order valence-electron chi connectivity index (χ4n) is 5.64. The molecule has 2 aromatic carbocycles. The minimum Gasteiger partial charge on any atom is -0.475 e. The van der Waals surface area contributed by atoms with Crippen LogP contribution in [0.15, 0.2) is 71.9 Å². The summed E-state index contributed by atoms with van der Waals surface area (Å²) in [6.45, 7) is 9.46. The fourth-order valence-corrected chi connectivity index (χ4v) is 7.10. The van der Waals surface area contributed by atoms with Gasteiger partial charge in [0.05, 0.1) is 5.92 Å². The Morgan fingerprint density at radius 1 is 0.909 bits per heavy atom. The Hall–Kier alpha value is -3.97. The van der Waals surface area contributed by atoms with E-state index in [4.69, 9.17) is 9.90 Å². The lowest BCUT2D eigenvalue weighted by atomic mass is 9.85. The summed E-state index contributed by atoms with van der Waals surface area (Å²) >= 11 is 0. The molecule has 0 unspecified atom stereocenters. The summed E-state index contributed by atoms with van der Waals surface area (Å²) in [5.41, 5.74) is 5.79. The smallest absolute Gasteiger partial charge is 0.475 e.